The second-order valence-corrected chi connectivity index (χ2v) is 7.65. The van der Waals surface area contributed by atoms with Crippen LogP contribution >= 0.6 is 0 Å². The number of esters is 1. The van der Waals surface area contributed by atoms with Gasteiger partial charge in [-0.15, -0.1) is 0 Å². The number of unbranched alkanes of at least 4 members (excludes halogenated alkanes) is 2. The molecule has 0 radical (unpaired) electrons. The molecule has 0 saturated carbocycles. The first-order valence-electron chi connectivity index (χ1n) is 11.1. The van der Waals surface area contributed by atoms with Crippen molar-refractivity contribution in [3.8, 4) is 5.75 Å². The van der Waals surface area contributed by atoms with Crippen molar-refractivity contribution in [2.75, 3.05) is 47.4 Å². The van der Waals surface area contributed by atoms with Gasteiger partial charge in [0.25, 0.3) is 0 Å². The molecule has 0 aromatic heterocycles. The Morgan fingerprint density at radius 2 is 1.80 bits per heavy atom. The molecular weight excluding hydrogens is 380 g/mol. The van der Waals surface area contributed by atoms with Gasteiger partial charge in [-0.3, -0.25) is 14.7 Å². The van der Waals surface area contributed by atoms with Crippen molar-refractivity contribution in [1.29, 1.82) is 0 Å². The van der Waals surface area contributed by atoms with Crippen LogP contribution in [0.1, 0.15) is 56.6 Å². The van der Waals surface area contributed by atoms with Crippen LogP contribution in [0.15, 0.2) is 29.3 Å². The van der Waals surface area contributed by atoms with Crippen LogP contribution < -0.4 is 15.4 Å². The van der Waals surface area contributed by atoms with E-state index in [0.717, 1.165) is 57.2 Å². The molecule has 2 rings (SSSR count). The lowest BCUT2D eigenvalue weighted by molar-refractivity contribution is -0.140. The Morgan fingerprint density at radius 3 is 2.43 bits per heavy atom. The number of methoxy groups -OCH3 is 2. The highest BCUT2D eigenvalue weighted by molar-refractivity contribution is 5.79. The summed E-state index contributed by atoms with van der Waals surface area (Å²) in [6.07, 6.45) is 7.15. The minimum absolute atomic E-state index is 0.136. The van der Waals surface area contributed by atoms with Crippen molar-refractivity contribution in [3.63, 3.8) is 0 Å². The molecule has 1 unspecified atom stereocenters. The second kappa shape index (κ2) is 13.9. The molecule has 1 atom stereocenters. The van der Waals surface area contributed by atoms with Gasteiger partial charge in [0.15, 0.2) is 5.96 Å². The van der Waals surface area contributed by atoms with Crippen molar-refractivity contribution >= 4 is 11.9 Å². The monoisotopic (exact) mass is 418 g/mol. The van der Waals surface area contributed by atoms with Gasteiger partial charge in [0.05, 0.1) is 20.3 Å². The van der Waals surface area contributed by atoms with E-state index in [1.165, 1.54) is 31.9 Å². The summed E-state index contributed by atoms with van der Waals surface area (Å²) in [5, 5.41) is 6.89. The van der Waals surface area contributed by atoms with Crippen molar-refractivity contribution in [2.45, 2.75) is 51.0 Å². The van der Waals surface area contributed by atoms with Crippen LogP contribution in [-0.2, 0) is 9.53 Å². The van der Waals surface area contributed by atoms with Crippen LogP contribution in [0, 0.1) is 0 Å². The third kappa shape index (κ3) is 8.22. The van der Waals surface area contributed by atoms with Crippen LogP contribution in [0.25, 0.3) is 0 Å². The third-order valence-corrected chi connectivity index (χ3v) is 5.60. The number of piperidine rings is 1. The van der Waals surface area contributed by atoms with E-state index in [-0.39, 0.29) is 5.97 Å². The number of nitrogens with zero attached hydrogens (tertiary/aromatic N) is 2. The molecule has 1 saturated heterocycles. The van der Waals surface area contributed by atoms with Gasteiger partial charge in [-0.05, 0) is 56.5 Å². The molecule has 0 aliphatic carbocycles. The number of hydrogen-bond acceptors (Lipinski definition) is 5. The Labute approximate surface area is 181 Å². The predicted octanol–water partition coefficient (Wildman–Crippen LogP) is 3.12. The maximum Gasteiger partial charge on any atom is 0.305 e. The minimum Gasteiger partial charge on any atom is -0.497 e. The number of rotatable bonds is 11. The van der Waals surface area contributed by atoms with Crippen LogP contribution in [0.5, 0.6) is 5.75 Å². The average molecular weight is 419 g/mol. The quantitative estimate of drug-likeness (QED) is 0.249. The van der Waals surface area contributed by atoms with E-state index in [1.807, 2.05) is 12.1 Å². The molecule has 1 fully saturated rings. The predicted molar refractivity (Wildman–Crippen MR) is 121 cm³/mol. The van der Waals surface area contributed by atoms with Crippen molar-refractivity contribution < 1.29 is 14.3 Å². The van der Waals surface area contributed by atoms with E-state index in [4.69, 9.17) is 4.74 Å². The molecular formula is C23H38N4O3. The zero-order valence-electron chi connectivity index (χ0n) is 18.8. The first-order chi connectivity index (χ1) is 14.7. The fourth-order valence-corrected chi connectivity index (χ4v) is 3.81. The Morgan fingerprint density at radius 1 is 1.07 bits per heavy atom. The van der Waals surface area contributed by atoms with Gasteiger partial charge >= 0.3 is 5.97 Å². The molecule has 2 N–H and O–H groups in total. The topological polar surface area (TPSA) is 75.2 Å². The van der Waals surface area contributed by atoms with E-state index in [1.54, 1.807) is 14.2 Å². The zero-order chi connectivity index (χ0) is 21.6. The van der Waals surface area contributed by atoms with Crippen LogP contribution in [0.4, 0.5) is 0 Å². The number of guanidine groups is 1. The number of nitrogens with one attached hydrogen (secondary N) is 2. The molecule has 1 heterocycles. The molecule has 1 aromatic carbocycles. The summed E-state index contributed by atoms with van der Waals surface area (Å²) in [7, 11) is 4.93. The van der Waals surface area contributed by atoms with Gasteiger partial charge in [-0.2, -0.15) is 0 Å². The van der Waals surface area contributed by atoms with E-state index in [0.29, 0.717) is 12.5 Å². The van der Waals surface area contributed by atoms with E-state index in [9.17, 15) is 4.79 Å². The van der Waals surface area contributed by atoms with E-state index < -0.39 is 0 Å². The number of benzene rings is 1. The Balaban J connectivity index is 1.84. The largest absolute Gasteiger partial charge is 0.497 e. The standard InChI is InChI=1S/C23H38N4O3/c1-24-23(25-15-7-4-6-10-22(28)30-3)26-18-21(27-16-8-5-9-17-27)19-11-13-20(29-2)14-12-19/h11-14,21H,4-10,15-18H2,1-3H3,(H2,24,25,26). The molecule has 168 valence electrons. The molecule has 0 amide bonds. The summed E-state index contributed by atoms with van der Waals surface area (Å²) in [6, 6.07) is 8.70. The number of aliphatic imine (C=N–C) groups is 1. The van der Waals surface area contributed by atoms with Gasteiger partial charge in [-0.25, -0.2) is 0 Å². The smallest absolute Gasteiger partial charge is 0.305 e. The maximum absolute atomic E-state index is 11.2. The summed E-state index contributed by atoms with van der Waals surface area (Å²) >= 11 is 0. The van der Waals surface area contributed by atoms with Crippen molar-refractivity contribution in [3.05, 3.63) is 29.8 Å². The lowest BCUT2D eigenvalue weighted by atomic mass is 10.0. The number of hydrogen-bond donors (Lipinski definition) is 2. The maximum atomic E-state index is 11.2. The van der Waals surface area contributed by atoms with Crippen molar-refractivity contribution in [1.82, 2.24) is 15.5 Å². The number of carbonyl (C=O) groups excluding carboxylic acids is 1. The van der Waals surface area contributed by atoms with Gasteiger partial charge in [-0.1, -0.05) is 25.0 Å². The Kier molecular flexibility index (Phi) is 11.1. The number of carbonyl (C=O) groups is 1. The van der Waals surface area contributed by atoms with Crippen LogP contribution in [0.2, 0.25) is 0 Å². The number of likely N-dealkylation sites (tertiary alicyclic amines) is 1. The SMILES string of the molecule is CN=C(NCCCCCC(=O)OC)NCC(c1ccc(OC)cc1)N1CCCCC1. The van der Waals surface area contributed by atoms with Gasteiger partial charge in [0, 0.05) is 26.6 Å². The van der Waals surface area contributed by atoms with E-state index in [2.05, 4.69) is 37.4 Å². The third-order valence-electron chi connectivity index (χ3n) is 5.60. The highest BCUT2D eigenvalue weighted by Gasteiger charge is 2.22. The highest BCUT2D eigenvalue weighted by atomic mass is 16.5. The molecule has 0 spiro atoms. The summed E-state index contributed by atoms with van der Waals surface area (Å²) in [6.45, 7) is 3.89. The molecule has 1 aliphatic heterocycles. The minimum atomic E-state index is -0.136. The molecule has 7 heteroatoms. The molecule has 30 heavy (non-hydrogen) atoms. The van der Waals surface area contributed by atoms with Crippen LogP contribution in [0.3, 0.4) is 0 Å². The number of ether oxygens (including phenoxy) is 2. The first kappa shape index (κ1) is 24.0. The molecule has 1 aliphatic rings. The van der Waals surface area contributed by atoms with Crippen LogP contribution in [-0.4, -0.2) is 64.3 Å². The first-order valence-corrected chi connectivity index (χ1v) is 11.1. The Bertz CT molecular complexity index is 642. The second-order valence-electron chi connectivity index (χ2n) is 7.65. The van der Waals surface area contributed by atoms with Gasteiger partial charge < -0.3 is 20.1 Å². The summed E-state index contributed by atoms with van der Waals surface area (Å²) in [5.41, 5.74) is 1.29. The van der Waals surface area contributed by atoms with Crippen molar-refractivity contribution in [2.24, 2.45) is 4.99 Å². The average Bonchev–Trinajstić information content (AvgIpc) is 2.80. The Hall–Kier alpha value is -2.28. The zero-order valence-corrected chi connectivity index (χ0v) is 18.8. The summed E-state index contributed by atoms with van der Waals surface area (Å²) in [5.74, 6) is 1.56. The normalized spacial score (nSPS) is 16.0. The highest BCUT2D eigenvalue weighted by Crippen LogP contribution is 2.25. The summed E-state index contributed by atoms with van der Waals surface area (Å²) in [4.78, 5) is 18.1. The molecule has 0 bridgehead atoms. The lowest BCUT2D eigenvalue weighted by Crippen LogP contribution is -2.44. The summed E-state index contributed by atoms with van der Waals surface area (Å²) < 4.78 is 9.99. The lowest BCUT2D eigenvalue weighted by Gasteiger charge is -2.35. The van der Waals surface area contributed by atoms with E-state index >= 15 is 0 Å². The fraction of sp³-hybridized carbons (Fsp3) is 0.652. The molecule has 7 nitrogen and oxygen atoms in total. The molecule has 1 aromatic rings. The fourth-order valence-electron chi connectivity index (χ4n) is 3.81. The van der Waals surface area contributed by atoms with Gasteiger partial charge in [0.1, 0.15) is 5.75 Å². The van der Waals surface area contributed by atoms with Gasteiger partial charge in [0.2, 0.25) is 0 Å².